The number of hydrogen-bond acceptors (Lipinski definition) is 6. The molecule has 0 radical (unpaired) electrons. The van der Waals surface area contributed by atoms with Crippen LogP contribution in [0.25, 0.3) is 22.1 Å². The minimum atomic E-state index is -4.98. The maximum absolute atomic E-state index is 13.9. The van der Waals surface area contributed by atoms with Gasteiger partial charge in [0.25, 0.3) is 5.56 Å². The van der Waals surface area contributed by atoms with Gasteiger partial charge < -0.3 is 9.88 Å². The molecule has 214 valence electrons. The number of fused-ring (bicyclic) bond motifs is 2. The molecule has 3 heterocycles. The SMILES string of the molecule is CC#CCn1c(C2CCCC(NC(=O)C(F)(F)F)C2)nc2c1c(=O)n(Cc1nc(C)c3ccccc3n1)c(=O)n2C. The second-order valence-corrected chi connectivity index (χ2v) is 10.2. The summed E-state index contributed by atoms with van der Waals surface area (Å²) in [6.45, 7) is 3.41. The summed E-state index contributed by atoms with van der Waals surface area (Å²) in [6.07, 6.45) is -3.24. The van der Waals surface area contributed by atoms with Gasteiger partial charge in [0.05, 0.1) is 18.6 Å². The lowest BCUT2D eigenvalue weighted by Crippen LogP contribution is -2.44. The lowest BCUT2D eigenvalue weighted by Gasteiger charge is -2.29. The molecule has 2 atom stereocenters. The molecular formula is C28H28F3N7O3. The average molecular weight is 568 g/mol. The minimum absolute atomic E-state index is 0.0947. The molecule has 4 aromatic rings. The number of nitrogens with one attached hydrogen (secondary N) is 1. The van der Waals surface area contributed by atoms with E-state index in [0.717, 1.165) is 9.95 Å². The molecule has 3 aromatic heterocycles. The molecule has 1 aromatic carbocycles. The Kier molecular flexibility index (Phi) is 7.42. The molecule has 1 aliphatic carbocycles. The van der Waals surface area contributed by atoms with Crippen molar-refractivity contribution in [2.45, 2.75) is 70.8 Å². The van der Waals surface area contributed by atoms with Gasteiger partial charge in [-0.3, -0.25) is 18.7 Å². The fraction of sp³-hybridized carbons (Fsp3) is 0.429. The van der Waals surface area contributed by atoms with E-state index in [-0.39, 0.29) is 36.6 Å². The van der Waals surface area contributed by atoms with Gasteiger partial charge in [-0.2, -0.15) is 13.2 Å². The molecule has 0 bridgehead atoms. The molecule has 0 saturated heterocycles. The molecule has 13 heteroatoms. The molecule has 0 aliphatic heterocycles. The van der Waals surface area contributed by atoms with Gasteiger partial charge in [-0.05, 0) is 39.2 Å². The smallest absolute Gasteiger partial charge is 0.346 e. The first kappa shape index (κ1) is 28.1. The molecule has 1 saturated carbocycles. The Morgan fingerprint density at radius 1 is 1.12 bits per heavy atom. The highest BCUT2D eigenvalue weighted by Gasteiger charge is 2.41. The standard InChI is InChI=1S/C28H28F3N7O3/c1-4-5-13-37-22-24(35-23(37)17-9-8-10-18(14-17)33-26(40)28(29,30)31)36(3)27(41)38(25(22)39)15-21-32-16(2)19-11-6-7-12-20(19)34-21/h6-7,11-12,17-18H,8-10,13-15H2,1-3H3,(H,33,40). The van der Waals surface area contributed by atoms with Crippen LogP contribution >= 0.6 is 0 Å². The summed E-state index contributed by atoms with van der Waals surface area (Å²) >= 11 is 0. The number of para-hydroxylation sites is 1. The number of amides is 1. The van der Waals surface area contributed by atoms with Crippen LogP contribution in [0.4, 0.5) is 13.2 Å². The molecule has 1 aliphatic rings. The van der Waals surface area contributed by atoms with Gasteiger partial charge in [0.1, 0.15) is 11.6 Å². The van der Waals surface area contributed by atoms with Gasteiger partial charge in [-0.15, -0.1) is 5.92 Å². The van der Waals surface area contributed by atoms with Crippen LogP contribution in [-0.4, -0.2) is 46.8 Å². The molecule has 0 spiro atoms. The van der Waals surface area contributed by atoms with E-state index in [1.54, 1.807) is 11.5 Å². The first-order valence-corrected chi connectivity index (χ1v) is 13.2. The number of halogens is 3. The Bertz CT molecular complexity index is 1840. The number of aromatic nitrogens is 6. The van der Waals surface area contributed by atoms with Crippen molar-refractivity contribution >= 4 is 28.0 Å². The summed E-state index contributed by atoms with van der Waals surface area (Å²) < 4.78 is 42.6. The Morgan fingerprint density at radius 3 is 2.61 bits per heavy atom. The Morgan fingerprint density at radius 2 is 1.88 bits per heavy atom. The van der Waals surface area contributed by atoms with E-state index in [1.807, 2.05) is 31.2 Å². The lowest BCUT2D eigenvalue weighted by molar-refractivity contribution is -0.174. The lowest BCUT2D eigenvalue weighted by atomic mass is 9.85. The number of nitrogens with zero attached hydrogens (tertiary/aromatic N) is 6. The van der Waals surface area contributed by atoms with E-state index in [4.69, 9.17) is 0 Å². The van der Waals surface area contributed by atoms with E-state index in [2.05, 4.69) is 32.1 Å². The molecule has 1 N–H and O–H groups in total. The van der Waals surface area contributed by atoms with Crippen molar-refractivity contribution in [3.05, 3.63) is 62.4 Å². The monoisotopic (exact) mass is 567 g/mol. The van der Waals surface area contributed by atoms with Gasteiger partial charge in [0.2, 0.25) is 0 Å². The van der Waals surface area contributed by atoms with Crippen molar-refractivity contribution in [2.75, 3.05) is 0 Å². The third-order valence-corrected chi connectivity index (χ3v) is 7.45. The summed E-state index contributed by atoms with van der Waals surface area (Å²) in [5.41, 5.74) is 0.521. The van der Waals surface area contributed by atoms with Crippen molar-refractivity contribution in [3.63, 3.8) is 0 Å². The molecule has 5 rings (SSSR count). The number of rotatable bonds is 5. The Balaban J connectivity index is 1.59. The predicted octanol–water partition coefficient (Wildman–Crippen LogP) is 2.92. The molecule has 2 unspecified atom stereocenters. The average Bonchev–Trinajstić information content (AvgIpc) is 3.32. The van der Waals surface area contributed by atoms with E-state index < -0.39 is 29.4 Å². The normalized spacial score (nSPS) is 17.4. The van der Waals surface area contributed by atoms with Crippen LogP contribution in [0.15, 0.2) is 33.9 Å². The summed E-state index contributed by atoms with van der Waals surface area (Å²) in [5.74, 6) is 4.14. The third-order valence-electron chi connectivity index (χ3n) is 7.45. The number of imidazole rings is 1. The zero-order valence-corrected chi connectivity index (χ0v) is 22.7. The second-order valence-electron chi connectivity index (χ2n) is 10.2. The third kappa shape index (κ3) is 5.33. The summed E-state index contributed by atoms with van der Waals surface area (Å²) in [7, 11) is 1.51. The highest BCUT2D eigenvalue weighted by atomic mass is 19.4. The largest absolute Gasteiger partial charge is 0.471 e. The highest BCUT2D eigenvalue weighted by Crippen LogP contribution is 2.34. The van der Waals surface area contributed by atoms with E-state index in [0.29, 0.717) is 42.1 Å². The molecule has 10 nitrogen and oxygen atoms in total. The maximum Gasteiger partial charge on any atom is 0.471 e. The molecule has 1 fully saturated rings. The number of hydrogen-bond donors (Lipinski definition) is 1. The van der Waals surface area contributed by atoms with Crippen LogP contribution in [-0.2, 0) is 24.9 Å². The number of carbonyl (C=O) groups is 1. The number of alkyl halides is 3. The number of benzene rings is 1. The van der Waals surface area contributed by atoms with Gasteiger partial charge in [0, 0.05) is 30.1 Å². The number of carbonyl (C=O) groups excluding carboxylic acids is 1. The van der Waals surface area contributed by atoms with Crippen LogP contribution in [0.2, 0.25) is 0 Å². The van der Waals surface area contributed by atoms with E-state index in [9.17, 15) is 27.6 Å². The fourth-order valence-electron chi connectivity index (χ4n) is 5.49. The first-order valence-electron chi connectivity index (χ1n) is 13.2. The van der Waals surface area contributed by atoms with Crippen molar-refractivity contribution in [1.82, 2.24) is 34.0 Å². The fourth-order valence-corrected chi connectivity index (χ4v) is 5.49. The van der Waals surface area contributed by atoms with Crippen LogP contribution in [0.1, 0.15) is 55.9 Å². The van der Waals surface area contributed by atoms with Crippen LogP contribution < -0.4 is 16.6 Å². The second kappa shape index (κ2) is 10.8. The van der Waals surface area contributed by atoms with E-state index >= 15 is 0 Å². The molecule has 1 amide bonds. The minimum Gasteiger partial charge on any atom is -0.346 e. The number of aryl methyl sites for hydroxylation is 2. The van der Waals surface area contributed by atoms with Crippen molar-refractivity contribution in [2.24, 2.45) is 7.05 Å². The van der Waals surface area contributed by atoms with Crippen LogP contribution in [0.5, 0.6) is 0 Å². The van der Waals surface area contributed by atoms with Crippen molar-refractivity contribution < 1.29 is 18.0 Å². The molecule has 41 heavy (non-hydrogen) atoms. The Labute approximate surface area is 232 Å². The zero-order valence-electron chi connectivity index (χ0n) is 22.7. The van der Waals surface area contributed by atoms with Gasteiger partial charge in [-0.25, -0.2) is 19.7 Å². The van der Waals surface area contributed by atoms with E-state index in [1.165, 1.54) is 11.6 Å². The molecular weight excluding hydrogens is 539 g/mol. The summed E-state index contributed by atoms with van der Waals surface area (Å²) in [6, 6.07) is 6.74. The predicted molar refractivity (Wildman–Crippen MR) is 145 cm³/mol. The Hall–Kier alpha value is -4.47. The van der Waals surface area contributed by atoms with Crippen molar-refractivity contribution in [3.8, 4) is 11.8 Å². The first-order chi connectivity index (χ1) is 19.5. The van der Waals surface area contributed by atoms with Gasteiger partial charge in [0.15, 0.2) is 11.2 Å². The van der Waals surface area contributed by atoms with Gasteiger partial charge in [-0.1, -0.05) is 30.5 Å². The zero-order chi connectivity index (χ0) is 29.5. The maximum atomic E-state index is 13.9. The topological polar surface area (TPSA) is 117 Å². The summed E-state index contributed by atoms with van der Waals surface area (Å²) in [5, 5.41) is 2.94. The van der Waals surface area contributed by atoms with Crippen molar-refractivity contribution in [1.29, 1.82) is 0 Å². The van der Waals surface area contributed by atoms with Crippen LogP contribution in [0, 0.1) is 18.8 Å². The van der Waals surface area contributed by atoms with Crippen LogP contribution in [0.3, 0.4) is 0 Å². The quantitative estimate of drug-likeness (QED) is 0.371. The highest BCUT2D eigenvalue weighted by molar-refractivity contribution is 5.82. The van der Waals surface area contributed by atoms with Gasteiger partial charge >= 0.3 is 17.8 Å². The summed E-state index contributed by atoms with van der Waals surface area (Å²) in [4.78, 5) is 52.5.